The molecule has 1 aromatic carbocycles. The maximum absolute atomic E-state index is 12.3. The van der Waals surface area contributed by atoms with Gasteiger partial charge in [0.25, 0.3) is 0 Å². The topological polar surface area (TPSA) is 46.3 Å². The van der Waals surface area contributed by atoms with Crippen LogP contribution in [-0.2, 0) is 17.8 Å². The van der Waals surface area contributed by atoms with Crippen molar-refractivity contribution in [3.05, 3.63) is 33.8 Å². The van der Waals surface area contributed by atoms with Crippen molar-refractivity contribution in [2.45, 2.75) is 32.9 Å². The fourth-order valence-electron chi connectivity index (χ4n) is 2.26. The normalized spacial score (nSPS) is 18.1. The Labute approximate surface area is 116 Å². The Morgan fingerprint density at radius 3 is 2.83 bits per heavy atom. The summed E-state index contributed by atoms with van der Waals surface area (Å²) < 4.78 is 1.15. The van der Waals surface area contributed by atoms with E-state index in [0.717, 1.165) is 17.4 Å². The lowest BCUT2D eigenvalue weighted by Crippen LogP contribution is -2.43. The highest BCUT2D eigenvalue weighted by molar-refractivity contribution is 9.10. The molecule has 0 fully saturated rings. The number of amides is 1. The van der Waals surface area contributed by atoms with Gasteiger partial charge in [0.2, 0.25) is 5.91 Å². The second kappa shape index (κ2) is 5.41. The van der Waals surface area contributed by atoms with Gasteiger partial charge in [-0.3, -0.25) is 4.79 Å². The van der Waals surface area contributed by atoms with Crippen LogP contribution in [0.4, 0.5) is 0 Å². The molecule has 0 aromatic heterocycles. The molecule has 0 spiro atoms. The summed E-state index contributed by atoms with van der Waals surface area (Å²) in [7, 11) is 0. The first-order valence-corrected chi connectivity index (χ1v) is 7.10. The Kier molecular flexibility index (Phi) is 4.07. The Morgan fingerprint density at radius 1 is 1.44 bits per heavy atom. The lowest BCUT2D eigenvalue weighted by atomic mass is 9.97. The third-order valence-electron chi connectivity index (χ3n) is 3.70. The van der Waals surface area contributed by atoms with Gasteiger partial charge >= 0.3 is 0 Å². The Hall–Kier alpha value is -0.870. The molecule has 1 amide bonds. The van der Waals surface area contributed by atoms with Crippen molar-refractivity contribution in [2.24, 2.45) is 11.7 Å². The van der Waals surface area contributed by atoms with Crippen LogP contribution in [0.2, 0.25) is 0 Å². The van der Waals surface area contributed by atoms with Gasteiger partial charge < -0.3 is 10.6 Å². The molecule has 0 radical (unpaired) electrons. The van der Waals surface area contributed by atoms with E-state index >= 15 is 0 Å². The molecule has 0 saturated heterocycles. The zero-order chi connectivity index (χ0) is 13.3. The van der Waals surface area contributed by atoms with Crippen molar-refractivity contribution in [2.75, 3.05) is 6.54 Å². The number of carbonyl (C=O) groups excluding carboxylic acids is 1. The van der Waals surface area contributed by atoms with Crippen LogP contribution in [0, 0.1) is 5.92 Å². The number of rotatable bonds is 2. The van der Waals surface area contributed by atoms with Gasteiger partial charge in [-0.05, 0) is 30.5 Å². The smallest absolute Gasteiger partial charge is 0.227 e. The number of nitrogens with zero attached hydrogens (tertiary/aromatic N) is 1. The average molecular weight is 311 g/mol. The molecular weight excluding hydrogens is 292 g/mol. The summed E-state index contributed by atoms with van der Waals surface area (Å²) in [5, 5.41) is 0. The van der Waals surface area contributed by atoms with E-state index < -0.39 is 0 Å². The lowest BCUT2D eigenvalue weighted by Gasteiger charge is -2.32. The van der Waals surface area contributed by atoms with Crippen LogP contribution in [0.15, 0.2) is 22.7 Å². The largest absolute Gasteiger partial charge is 0.338 e. The third-order valence-corrected chi connectivity index (χ3v) is 4.44. The van der Waals surface area contributed by atoms with E-state index in [2.05, 4.69) is 28.1 Å². The zero-order valence-electron chi connectivity index (χ0n) is 10.8. The van der Waals surface area contributed by atoms with Crippen molar-refractivity contribution in [1.82, 2.24) is 4.90 Å². The second-order valence-corrected chi connectivity index (χ2v) is 5.89. The molecule has 2 atom stereocenters. The summed E-state index contributed by atoms with van der Waals surface area (Å²) in [4.78, 5) is 14.2. The number of hydrogen-bond acceptors (Lipinski definition) is 2. The number of hydrogen-bond donors (Lipinski definition) is 1. The lowest BCUT2D eigenvalue weighted by molar-refractivity contribution is -0.136. The summed E-state index contributed by atoms with van der Waals surface area (Å²) in [5.41, 5.74) is 8.37. The minimum Gasteiger partial charge on any atom is -0.338 e. The minimum atomic E-state index is -0.112. The van der Waals surface area contributed by atoms with Gasteiger partial charge in [0.05, 0.1) is 5.92 Å². The highest BCUT2D eigenvalue weighted by atomic mass is 79.9. The van der Waals surface area contributed by atoms with Crippen molar-refractivity contribution >= 4 is 21.8 Å². The molecule has 1 aliphatic rings. The van der Waals surface area contributed by atoms with Crippen molar-refractivity contribution in [1.29, 1.82) is 0 Å². The molecule has 1 heterocycles. The summed E-state index contributed by atoms with van der Waals surface area (Å²) in [6.45, 7) is 5.27. The molecular formula is C14H19BrN2O. The predicted molar refractivity (Wildman–Crippen MR) is 76.1 cm³/mol. The summed E-state index contributed by atoms with van der Waals surface area (Å²) in [6.07, 6.45) is 0.911. The SMILES string of the molecule is CC(N)C(C)C(=O)N1CCc2c(Br)cccc2C1. The van der Waals surface area contributed by atoms with E-state index in [1.165, 1.54) is 11.1 Å². The van der Waals surface area contributed by atoms with Gasteiger partial charge in [-0.25, -0.2) is 0 Å². The van der Waals surface area contributed by atoms with Crippen molar-refractivity contribution in [3.63, 3.8) is 0 Å². The van der Waals surface area contributed by atoms with Crippen LogP contribution in [-0.4, -0.2) is 23.4 Å². The number of halogens is 1. The fourth-order valence-corrected chi connectivity index (χ4v) is 2.87. The molecule has 98 valence electrons. The molecule has 4 heteroatoms. The molecule has 18 heavy (non-hydrogen) atoms. The second-order valence-electron chi connectivity index (χ2n) is 5.04. The molecule has 2 rings (SSSR count). The number of nitrogens with two attached hydrogens (primary N) is 1. The zero-order valence-corrected chi connectivity index (χ0v) is 12.4. The van der Waals surface area contributed by atoms with Crippen LogP contribution in [0.25, 0.3) is 0 Å². The minimum absolute atomic E-state index is 0.0959. The maximum atomic E-state index is 12.3. The van der Waals surface area contributed by atoms with Gasteiger partial charge in [-0.1, -0.05) is 35.0 Å². The van der Waals surface area contributed by atoms with E-state index in [0.29, 0.717) is 6.54 Å². The van der Waals surface area contributed by atoms with Gasteiger partial charge in [0, 0.05) is 23.6 Å². The van der Waals surface area contributed by atoms with E-state index in [4.69, 9.17) is 5.73 Å². The molecule has 0 saturated carbocycles. The van der Waals surface area contributed by atoms with E-state index in [9.17, 15) is 4.79 Å². The highest BCUT2D eigenvalue weighted by Crippen LogP contribution is 2.27. The standard InChI is InChI=1S/C14H19BrN2O/c1-9(10(2)16)14(18)17-7-6-12-11(8-17)4-3-5-13(12)15/h3-5,9-10H,6-8,16H2,1-2H3. The van der Waals surface area contributed by atoms with E-state index in [1.807, 2.05) is 24.8 Å². The molecule has 1 aliphatic heterocycles. The average Bonchev–Trinajstić information content (AvgIpc) is 2.36. The Bertz CT molecular complexity index is 459. The Balaban J connectivity index is 2.15. The molecule has 0 bridgehead atoms. The number of fused-ring (bicyclic) bond motifs is 1. The summed E-state index contributed by atoms with van der Waals surface area (Å²) in [6, 6.07) is 6.07. The van der Waals surface area contributed by atoms with Gasteiger partial charge in [0.1, 0.15) is 0 Å². The summed E-state index contributed by atoms with van der Waals surface area (Å²) in [5.74, 6) is 0.0503. The van der Waals surface area contributed by atoms with Crippen molar-refractivity contribution in [3.8, 4) is 0 Å². The van der Waals surface area contributed by atoms with Crippen molar-refractivity contribution < 1.29 is 4.79 Å². The highest BCUT2D eigenvalue weighted by Gasteiger charge is 2.26. The molecule has 1 aromatic rings. The first kappa shape index (κ1) is 13.6. The maximum Gasteiger partial charge on any atom is 0.227 e. The molecule has 3 nitrogen and oxygen atoms in total. The van der Waals surface area contributed by atoms with Gasteiger partial charge in [0.15, 0.2) is 0 Å². The Morgan fingerprint density at radius 2 is 2.17 bits per heavy atom. The van der Waals surface area contributed by atoms with Gasteiger partial charge in [-0.2, -0.15) is 0 Å². The first-order chi connectivity index (χ1) is 8.50. The predicted octanol–water partition coefficient (Wildman–Crippen LogP) is 2.32. The van der Waals surface area contributed by atoms with Gasteiger partial charge in [-0.15, -0.1) is 0 Å². The first-order valence-electron chi connectivity index (χ1n) is 6.31. The molecule has 0 aliphatic carbocycles. The number of benzene rings is 1. The van der Waals surface area contributed by atoms with Crippen LogP contribution in [0.5, 0.6) is 0 Å². The number of carbonyl (C=O) groups is 1. The van der Waals surface area contributed by atoms with Crippen LogP contribution >= 0.6 is 15.9 Å². The fraction of sp³-hybridized carbons (Fsp3) is 0.500. The van der Waals surface area contributed by atoms with Crippen LogP contribution in [0.3, 0.4) is 0 Å². The van der Waals surface area contributed by atoms with Crippen LogP contribution < -0.4 is 5.73 Å². The molecule has 2 N–H and O–H groups in total. The van der Waals surface area contributed by atoms with E-state index in [1.54, 1.807) is 0 Å². The van der Waals surface area contributed by atoms with E-state index in [-0.39, 0.29) is 17.9 Å². The molecule has 2 unspecified atom stereocenters. The summed E-state index contributed by atoms with van der Waals surface area (Å²) >= 11 is 3.57. The third kappa shape index (κ3) is 2.59. The quantitative estimate of drug-likeness (QED) is 0.911. The van der Waals surface area contributed by atoms with Crippen LogP contribution in [0.1, 0.15) is 25.0 Å². The monoisotopic (exact) mass is 310 g/mol.